The number of Topliss-reactive ketones (excluding diaryl/α,β-unsaturated/α-hetero) is 1. The van der Waals surface area contributed by atoms with Gasteiger partial charge in [0.15, 0.2) is 5.78 Å². The molecule has 3 rings (SSSR count). The molecule has 1 aliphatic rings. The number of nitrogens with zero attached hydrogens (tertiary/aromatic N) is 1. The molecular weight excluding hydrogens is 416 g/mol. The lowest BCUT2D eigenvalue weighted by molar-refractivity contribution is 0.0977. The van der Waals surface area contributed by atoms with Crippen molar-refractivity contribution in [3.05, 3.63) is 59.7 Å². The van der Waals surface area contributed by atoms with E-state index in [1.807, 2.05) is 4.72 Å². The van der Waals surface area contributed by atoms with Gasteiger partial charge in [0.05, 0.1) is 9.79 Å². The summed E-state index contributed by atoms with van der Waals surface area (Å²) in [5, 5.41) is 0. The summed E-state index contributed by atoms with van der Waals surface area (Å²) in [4.78, 5) is 23.1. The number of carbonyl (C=O) groups excluding carboxylic acids is 2. The fraction of sp³-hybridized carbons (Fsp3) is 0.263. The fourth-order valence-corrected chi connectivity index (χ4v) is 5.63. The lowest BCUT2D eigenvalue weighted by Gasteiger charge is -2.16. The molecule has 0 spiro atoms. The number of hydrogen-bond acceptors (Lipinski definition) is 6. The third-order valence-corrected chi connectivity index (χ3v) is 7.82. The highest BCUT2D eigenvalue weighted by Crippen LogP contribution is 2.23. The molecule has 0 atom stereocenters. The summed E-state index contributed by atoms with van der Waals surface area (Å²) in [6.07, 6.45) is 1.52. The van der Waals surface area contributed by atoms with Crippen molar-refractivity contribution in [3.63, 3.8) is 0 Å². The maximum atomic E-state index is 12.7. The lowest BCUT2D eigenvalue weighted by Crippen LogP contribution is -2.31. The minimum atomic E-state index is -4.29. The van der Waals surface area contributed by atoms with Crippen LogP contribution in [-0.2, 0) is 20.0 Å². The van der Waals surface area contributed by atoms with E-state index in [0.29, 0.717) is 18.7 Å². The number of hydrogen-bond donors (Lipinski definition) is 1. The monoisotopic (exact) mass is 436 g/mol. The van der Waals surface area contributed by atoms with Gasteiger partial charge in [-0.2, -0.15) is 4.31 Å². The Bertz CT molecular complexity index is 1150. The highest BCUT2D eigenvalue weighted by Gasteiger charge is 2.28. The Hall–Kier alpha value is -2.56. The second-order valence-electron chi connectivity index (χ2n) is 6.65. The first-order chi connectivity index (χ1) is 13.6. The van der Waals surface area contributed by atoms with Crippen molar-refractivity contribution in [2.45, 2.75) is 29.6 Å². The molecule has 0 aromatic heterocycles. The molecule has 1 saturated heterocycles. The van der Waals surface area contributed by atoms with Crippen LogP contribution in [0.4, 0.5) is 0 Å². The van der Waals surface area contributed by atoms with Crippen LogP contribution in [0.15, 0.2) is 58.3 Å². The van der Waals surface area contributed by atoms with Crippen LogP contribution in [0.5, 0.6) is 0 Å². The van der Waals surface area contributed by atoms with Crippen molar-refractivity contribution in [1.82, 2.24) is 9.03 Å². The molecule has 0 radical (unpaired) electrons. The van der Waals surface area contributed by atoms with Crippen LogP contribution in [0.25, 0.3) is 0 Å². The molecular formula is C19H20N2O6S2. The van der Waals surface area contributed by atoms with E-state index in [1.54, 1.807) is 0 Å². The van der Waals surface area contributed by atoms with Gasteiger partial charge in [-0.05, 0) is 50.1 Å². The van der Waals surface area contributed by atoms with Crippen molar-refractivity contribution < 1.29 is 26.4 Å². The summed E-state index contributed by atoms with van der Waals surface area (Å²) in [5.74, 6) is -1.06. The standard InChI is InChI=1S/C19H20N2O6S2/c1-14(22)15-7-9-16(10-8-15)19(23)20-28(24,25)17-5-4-6-18(13-17)29(26,27)21-11-2-3-12-21/h4-10,13H,2-3,11-12H2,1H3,(H,20,23). The molecule has 1 heterocycles. The van der Waals surface area contributed by atoms with Crippen LogP contribution < -0.4 is 4.72 Å². The third kappa shape index (κ3) is 4.55. The average molecular weight is 437 g/mol. The number of benzene rings is 2. The van der Waals surface area contributed by atoms with Crippen LogP contribution >= 0.6 is 0 Å². The molecule has 1 aliphatic heterocycles. The average Bonchev–Trinajstić information content (AvgIpc) is 3.23. The molecule has 1 amide bonds. The quantitative estimate of drug-likeness (QED) is 0.690. The van der Waals surface area contributed by atoms with Crippen LogP contribution in [0.3, 0.4) is 0 Å². The zero-order valence-corrected chi connectivity index (χ0v) is 17.3. The first-order valence-corrected chi connectivity index (χ1v) is 11.8. The molecule has 8 nitrogen and oxygen atoms in total. The first-order valence-electron chi connectivity index (χ1n) is 8.90. The van der Waals surface area contributed by atoms with Gasteiger partial charge in [-0.15, -0.1) is 0 Å². The maximum absolute atomic E-state index is 12.7. The number of rotatable bonds is 6. The van der Waals surface area contributed by atoms with Gasteiger partial charge in [0.2, 0.25) is 10.0 Å². The van der Waals surface area contributed by atoms with Crippen LogP contribution in [0.2, 0.25) is 0 Å². The topological polar surface area (TPSA) is 118 Å². The van der Waals surface area contributed by atoms with Crippen LogP contribution in [-0.4, -0.2) is 45.9 Å². The van der Waals surface area contributed by atoms with Crippen LogP contribution in [0, 0.1) is 0 Å². The van der Waals surface area contributed by atoms with Crippen molar-refractivity contribution in [1.29, 1.82) is 0 Å². The van der Waals surface area contributed by atoms with E-state index in [1.165, 1.54) is 53.7 Å². The third-order valence-electron chi connectivity index (χ3n) is 4.60. The van der Waals surface area contributed by atoms with Crippen molar-refractivity contribution in [2.24, 2.45) is 0 Å². The van der Waals surface area contributed by atoms with Crippen molar-refractivity contribution in [3.8, 4) is 0 Å². The normalized spacial score (nSPS) is 15.2. The molecule has 0 unspecified atom stereocenters. The smallest absolute Gasteiger partial charge is 0.264 e. The van der Waals surface area contributed by atoms with E-state index < -0.39 is 26.0 Å². The van der Waals surface area contributed by atoms with E-state index in [0.717, 1.165) is 18.9 Å². The highest BCUT2D eigenvalue weighted by molar-refractivity contribution is 7.90. The summed E-state index contributed by atoms with van der Waals surface area (Å²) in [7, 11) is -8.08. The Balaban J connectivity index is 1.84. The molecule has 0 saturated carbocycles. The molecule has 0 aliphatic carbocycles. The van der Waals surface area contributed by atoms with E-state index in [9.17, 15) is 26.4 Å². The second-order valence-corrected chi connectivity index (χ2v) is 10.3. The van der Waals surface area contributed by atoms with E-state index in [-0.39, 0.29) is 21.1 Å². The number of sulfonamides is 2. The molecule has 2 aromatic carbocycles. The van der Waals surface area contributed by atoms with Gasteiger partial charge in [-0.3, -0.25) is 9.59 Å². The SMILES string of the molecule is CC(=O)c1ccc(C(=O)NS(=O)(=O)c2cccc(S(=O)(=O)N3CCCC3)c2)cc1. The molecule has 10 heteroatoms. The molecule has 29 heavy (non-hydrogen) atoms. The second kappa shape index (κ2) is 8.05. The molecule has 154 valence electrons. The van der Waals surface area contributed by atoms with E-state index in [4.69, 9.17) is 0 Å². The zero-order chi connectivity index (χ0) is 21.2. The van der Waals surface area contributed by atoms with Crippen LogP contribution in [0.1, 0.15) is 40.5 Å². The zero-order valence-electron chi connectivity index (χ0n) is 15.7. The number of nitrogens with one attached hydrogen (secondary N) is 1. The van der Waals surface area contributed by atoms with Gasteiger partial charge >= 0.3 is 0 Å². The number of amides is 1. The number of carbonyl (C=O) groups is 2. The molecule has 1 N–H and O–H groups in total. The summed E-state index contributed by atoms with van der Waals surface area (Å²) >= 11 is 0. The Morgan fingerprint density at radius 3 is 2.00 bits per heavy atom. The predicted molar refractivity (Wildman–Crippen MR) is 106 cm³/mol. The minimum absolute atomic E-state index is 0.0550. The maximum Gasteiger partial charge on any atom is 0.264 e. The summed E-state index contributed by atoms with van der Waals surface area (Å²) in [5.41, 5.74) is 0.448. The molecule has 0 bridgehead atoms. The number of ketones is 1. The van der Waals surface area contributed by atoms with Crippen molar-refractivity contribution in [2.75, 3.05) is 13.1 Å². The lowest BCUT2D eigenvalue weighted by atomic mass is 10.1. The van der Waals surface area contributed by atoms with Gasteiger partial charge in [0.25, 0.3) is 15.9 Å². The summed E-state index contributed by atoms with van der Waals surface area (Å²) < 4.78 is 53.8. The Kier molecular flexibility index (Phi) is 5.87. The van der Waals surface area contributed by atoms with Crippen molar-refractivity contribution >= 4 is 31.7 Å². The first kappa shape index (κ1) is 21.2. The Morgan fingerprint density at radius 2 is 1.41 bits per heavy atom. The minimum Gasteiger partial charge on any atom is -0.295 e. The predicted octanol–water partition coefficient (Wildman–Crippen LogP) is 1.79. The largest absolute Gasteiger partial charge is 0.295 e. The molecule has 1 fully saturated rings. The Morgan fingerprint density at radius 1 is 0.862 bits per heavy atom. The van der Waals surface area contributed by atoms with Gasteiger partial charge in [-0.1, -0.05) is 18.2 Å². The van der Waals surface area contributed by atoms with Gasteiger partial charge < -0.3 is 0 Å². The summed E-state index contributed by atoms with van der Waals surface area (Å²) in [6.45, 7) is 2.17. The summed E-state index contributed by atoms with van der Waals surface area (Å²) in [6, 6.07) is 10.4. The van der Waals surface area contributed by atoms with Gasteiger partial charge in [0, 0.05) is 24.2 Å². The Labute approximate surface area is 169 Å². The van der Waals surface area contributed by atoms with E-state index >= 15 is 0 Å². The highest BCUT2D eigenvalue weighted by atomic mass is 32.2. The molecule has 2 aromatic rings. The van der Waals surface area contributed by atoms with E-state index in [2.05, 4.69) is 0 Å². The van der Waals surface area contributed by atoms with Gasteiger partial charge in [0.1, 0.15) is 0 Å². The fourth-order valence-electron chi connectivity index (χ4n) is 2.98. The van der Waals surface area contributed by atoms with Gasteiger partial charge in [-0.25, -0.2) is 21.6 Å².